The molecule has 3 heterocycles. The van der Waals surface area contributed by atoms with Gasteiger partial charge in [-0.15, -0.1) is 0 Å². The summed E-state index contributed by atoms with van der Waals surface area (Å²) in [6.45, 7) is 0.577. The van der Waals surface area contributed by atoms with Crippen LogP contribution in [0, 0.1) is 0 Å². The molecular formula is C17H15N5O3. The molecule has 3 aromatic rings. The van der Waals surface area contributed by atoms with Crippen LogP contribution in [0.5, 0.6) is 0 Å². The lowest BCUT2D eigenvalue weighted by atomic mass is 10.2. The maximum Gasteiger partial charge on any atom is 0.274 e. The van der Waals surface area contributed by atoms with Crippen LogP contribution in [0.3, 0.4) is 0 Å². The number of nitrogens with one attached hydrogen (secondary N) is 1. The van der Waals surface area contributed by atoms with Gasteiger partial charge in [0, 0.05) is 18.3 Å². The lowest BCUT2D eigenvalue weighted by Crippen LogP contribution is -2.32. The summed E-state index contributed by atoms with van der Waals surface area (Å²) in [4.78, 5) is 36.3. The van der Waals surface area contributed by atoms with Crippen molar-refractivity contribution in [1.29, 1.82) is 0 Å². The van der Waals surface area contributed by atoms with Crippen molar-refractivity contribution in [3.8, 4) is 11.4 Å². The average molecular weight is 337 g/mol. The number of H-pyrrole nitrogens is 1. The Morgan fingerprint density at radius 2 is 2.12 bits per heavy atom. The quantitative estimate of drug-likeness (QED) is 0.781. The Morgan fingerprint density at radius 1 is 1.28 bits per heavy atom. The van der Waals surface area contributed by atoms with Crippen LogP contribution in [-0.4, -0.2) is 37.5 Å². The molecule has 0 aliphatic carbocycles. The van der Waals surface area contributed by atoms with Crippen molar-refractivity contribution in [2.45, 2.75) is 18.9 Å². The number of carbonyl (C=O) groups is 1. The molecule has 1 aliphatic rings. The van der Waals surface area contributed by atoms with Gasteiger partial charge in [-0.2, -0.15) is 4.98 Å². The van der Waals surface area contributed by atoms with Gasteiger partial charge in [0.25, 0.3) is 11.5 Å². The van der Waals surface area contributed by atoms with E-state index in [1.165, 1.54) is 6.20 Å². The lowest BCUT2D eigenvalue weighted by Gasteiger charge is -2.21. The fourth-order valence-corrected chi connectivity index (χ4v) is 2.95. The van der Waals surface area contributed by atoms with Crippen LogP contribution in [0.1, 0.15) is 35.3 Å². The fourth-order valence-electron chi connectivity index (χ4n) is 2.95. The molecule has 1 fully saturated rings. The van der Waals surface area contributed by atoms with Gasteiger partial charge in [0.05, 0.1) is 6.20 Å². The van der Waals surface area contributed by atoms with Crippen LogP contribution < -0.4 is 5.56 Å². The van der Waals surface area contributed by atoms with Gasteiger partial charge in [0.1, 0.15) is 11.7 Å². The Kier molecular flexibility index (Phi) is 3.85. The summed E-state index contributed by atoms with van der Waals surface area (Å²) in [6, 6.07) is 9.23. The first-order valence-corrected chi connectivity index (χ1v) is 7.97. The van der Waals surface area contributed by atoms with Crippen molar-refractivity contribution in [3.05, 3.63) is 64.7 Å². The third-order valence-corrected chi connectivity index (χ3v) is 4.16. The molecule has 0 spiro atoms. The first kappa shape index (κ1) is 15.3. The van der Waals surface area contributed by atoms with Gasteiger partial charge in [-0.1, -0.05) is 35.5 Å². The molecule has 1 aliphatic heterocycles. The fraction of sp³-hybridized carbons (Fsp3) is 0.235. The Hall–Kier alpha value is -3.29. The number of likely N-dealkylation sites (tertiary alicyclic amines) is 1. The Morgan fingerprint density at radius 3 is 2.88 bits per heavy atom. The SMILES string of the molecule is O=C(c1c[nH]c(=O)cn1)N1CCC[C@@H]1c1nc(-c2ccccc2)no1. The highest BCUT2D eigenvalue weighted by Crippen LogP contribution is 2.32. The number of nitrogens with zero attached hydrogens (tertiary/aromatic N) is 4. The topological polar surface area (TPSA) is 105 Å². The summed E-state index contributed by atoms with van der Waals surface area (Å²) in [5, 5.41) is 4.02. The van der Waals surface area contributed by atoms with Gasteiger partial charge in [0.2, 0.25) is 11.7 Å². The summed E-state index contributed by atoms with van der Waals surface area (Å²) < 4.78 is 5.41. The zero-order valence-electron chi connectivity index (χ0n) is 13.3. The largest absolute Gasteiger partial charge is 0.337 e. The second-order valence-electron chi connectivity index (χ2n) is 5.78. The van der Waals surface area contributed by atoms with Gasteiger partial charge in [-0.3, -0.25) is 9.59 Å². The number of carbonyl (C=O) groups excluding carboxylic acids is 1. The number of rotatable bonds is 3. The van der Waals surface area contributed by atoms with Crippen LogP contribution in [-0.2, 0) is 0 Å². The van der Waals surface area contributed by atoms with E-state index in [1.54, 1.807) is 4.90 Å². The van der Waals surface area contributed by atoms with Crippen LogP contribution in [0.2, 0.25) is 0 Å². The van der Waals surface area contributed by atoms with Crippen LogP contribution >= 0.6 is 0 Å². The van der Waals surface area contributed by atoms with Crippen LogP contribution in [0.4, 0.5) is 0 Å². The van der Waals surface area contributed by atoms with E-state index >= 15 is 0 Å². The summed E-state index contributed by atoms with van der Waals surface area (Å²) in [5.41, 5.74) is 0.698. The second kappa shape index (κ2) is 6.31. The summed E-state index contributed by atoms with van der Waals surface area (Å²) in [5.74, 6) is 0.643. The van der Waals surface area contributed by atoms with Gasteiger partial charge < -0.3 is 14.4 Å². The van der Waals surface area contributed by atoms with Crippen LogP contribution in [0.25, 0.3) is 11.4 Å². The van der Waals surface area contributed by atoms with Gasteiger partial charge in [-0.05, 0) is 12.8 Å². The predicted molar refractivity (Wildman–Crippen MR) is 87.6 cm³/mol. The minimum atomic E-state index is -0.348. The number of aromatic nitrogens is 4. The molecule has 2 aromatic heterocycles. The highest BCUT2D eigenvalue weighted by Gasteiger charge is 2.35. The van der Waals surface area contributed by atoms with Gasteiger partial charge in [0.15, 0.2) is 0 Å². The summed E-state index contributed by atoms with van der Waals surface area (Å²) in [7, 11) is 0. The molecule has 126 valence electrons. The molecule has 25 heavy (non-hydrogen) atoms. The average Bonchev–Trinajstić information content (AvgIpc) is 3.32. The number of amides is 1. The van der Waals surface area contributed by atoms with Crippen molar-refractivity contribution in [1.82, 2.24) is 25.0 Å². The van der Waals surface area contributed by atoms with E-state index in [0.29, 0.717) is 18.3 Å². The molecule has 4 rings (SSSR count). The smallest absolute Gasteiger partial charge is 0.274 e. The molecule has 8 nitrogen and oxygen atoms in total. The number of hydrogen-bond donors (Lipinski definition) is 1. The molecular weight excluding hydrogens is 322 g/mol. The summed E-state index contributed by atoms with van der Waals surface area (Å²) in [6.07, 6.45) is 4.00. The predicted octanol–water partition coefficient (Wildman–Crippen LogP) is 1.80. The third-order valence-electron chi connectivity index (χ3n) is 4.16. The molecule has 0 unspecified atom stereocenters. The Balaban J connectivity index is 1.59. The van der Waals surface area contributed by atoms with Crippen molar-refractivity contribution < 1.29 is 9.32 Å². The van der Waals surface area contributed by atoms with E-state index < -0.39 is 0 Å². The van der Waals surface area contributed by atoms with E-state index in [-0.39, 0.29) is 23.2 Å². The maximum absolute atomic E-state index is 12.7. The molecule has 0 saturated carbocycles. The zero-order valence-corrected chi connectivity index (χ0v) is 13.3. The standard InChI is InChI=1S/C17H15N5O3/c23-14-10-18-12(9-19-14)17(24)22-8-4-7-13(22)16-20-15(21-25-16)11-5-2-1-3-6-11/h1-3,5-6,9-10,13H,4,7-8H2,(H,19,23)/t13-/m1/s1. The van der Waals surface area contributed by atoms with Gasteiger partial charge >= 0.3 is 0 Å². The second-order valence-corrected chi connectivity index (χ2v) is 5.78. The number of benzene rings is 1. The molecule has 1 saturated heterocycles. The van der Waals surface area contributed by atoms with Crippen molar-refractivity contribution in [2.75, 3.05) is 6.54 Å². The minimum Gasteiger partial charge on any atom is -0.337 e. The molecule has 1 N–H and O–H groups in total. The van der Waals surface area contributed by atoms with E-state index in [9.17, 15) is 9.59 Å². The Bertz CT molecular complexity index is 930. The lowest BCUT2D eigenvalue weighted by molar-refractivity contribution is 0.0703. The monoisotopic (exact) mass is 337 g/mol. The van der Waals surface area contributed by atoms with E-state index in [4.69, 9.17) is 4.52 Å². The van der Waals surface area contributed by atoms with E-state index in [2.05, 4.69) is 20.1 Å². The van der Waals surface area contributed by atoms with E-state index in [0.717, 1.165) is 24.6 Å². The maximum atomic E-state index is 12.7. The molecule has 1 amide bonds. The first-order valence-electron chi connectivity index (χ1n) is 7.97. The van der Waals surface area contributed by atoms with Crippen molar-refractivity contribution in [2.24, 2.45) is 0 Å². The highest BCUT2D eigenvalue weighted by atomic mass is 16.5. The van der Waals surface area contributed by atoms with Crippen molar-refractivity contribution >= 4 is 5.91 Å². The zero-order chi connectivity index (χ0) is 17.2. The van der Waals surface area contributed by atoms with Crippen molar-refractivity contribution in [3.63, 3.8) is 0 Å². The minimum absolute atomic E-state index is 0.189. The molecule has 0 bridgehead atoms. The summed E-state index contributed by atoms with van der Waals surface area (Å²) >= 11 is 0. The van der Waals surface area contributed by atoms with Gasteiger partial charge in [-0.25, -0.2) is 4.98 Å². The molecule has 1 atom stereocenters. The first-order chi connectivity index (χ1) is 12.2. The van der Waals surface area contributed by atoms with Crippen LogP contribution in [0.15, 0.2) is 52.0 Å². The van der Waals surface area contributed by atoms with E-state index in [1.807, 2.05) is 30.3 Å². The Labute approximate surface area is 142 Å². The molecule has 8 heteroatoms. The number of hydrogen-bond acceptors (Lipinski definition) is 6. The third kappa shape index (κ3) is 2.93. The number of aromatic amines is 1. The highest BCUT2D eigenvalue weighted by molar-refractivity contribution is 5.92. The molecule has 1 aromatic carbocycles. The molecule has 0 radical (unpaired) electrons. The normalized spacial score (nSPS) is 17.0.